The van der Waals surface area contributed by atoms with Crippen molar-refractivity contribution in [3.63, 3.8) is 0 Å². The average Bonchev–Trinajstić information content (AvgIpc) is 2.85. The third-order valence-corrected chi connectivity index (χ3v) is 4.10. The number of benzene rings is 1. The SMILES string of the molecule is COc1cc2c(cc1F)nc(C(C)Cl)n2N1CCCCC1. The number of imidazole rings is 1. The summed E-state index contributed by atoms with van der Waals surface area (Å²) in [7, 11) is 1.47. The van der Waals surface area contributed by atoms with E-state index in [9.17, 15) is 4.39 Å². The number of hydrogen-bond donors (Lipinski definition) is 0. The lowest BCUT2D eigenvalue weighted by molar-refractivity contribution is 0.387. The van der Waals surface area contributed by atoms with E-state index in [0.717, 1.165) is 37.3 Å². The van der Waals surface area contributed by atoms with Gasteiger partial charge in [-0.25, -0.2) is 14.1 Å². The molecule has 1 aromatic heterocycles. The number of nitrogens with zero attached hydrogens (tertiary/aromatic N) is 3. The molecule has 1 aliphatic heterocycles. The van der Waals surface area contributed by atoms with Gasteiger partial charge in [0.05, 0.1) is 23.5 Å². The summed E-state index contributed by atoms with van der Waals surface area (Å²) in [5.41, 5.74) is 1.46. The zero-order chi connectivity index (χ0) is 15.0. The topological polar surface area (TPSA) is 30.3 Å². The molecule has 4 nitrogen and oxygen atoms in total. The number of piperidine rings is 1. The van der Waals surface area contributed by atoms with Crippen molar-refractivity contribution in [2.45, 2.75) is 31.6 Å². The molecule has 3 rings (SSSR count). The molecule has 0 bridgehead atoms. The molecule has 1 atom stereocenters. The number of aromatic nitrogens is 2. The lowest BCUT2D eigenvalue weighted by Crippen LogP contribution is -2.40. The molecule has 0 N–H and O–H groups in total. The van der Waals surface area contributed by atoms with E-state index in [1.165, 1.54) is 19.6 Å². The summed E-state index contributed by atoms with van der Waals surface area (Å²) in [5.74, 6) is 0.581. The van der Waals surface area contributed by atoms with Crippen molar-refractivity contribution in [2.75, 3.05) is 25.2 Å². The van der Waals surface area contributed by atoms with Crippen LogP contribution in [0.1, 0.15) is 37.4 Å². The van der Waals surface area contributed by atoms with Crippen molar-refractivity contribution >= 4 is 22.6 Å². The summed E-state index contributed by atoms with van der Waals surface area (Å²) in [6.07, 6.45) is 3.54. The molecule has 1 aromatic carbocycles. The highest BCUT2D eigenvalue weighted by Crippen LogP contribution is 2.30. The Hall–Kier alpha value is -1.49. The molecule has 1 aliphatic rings. The van der Waals surface area contributed by atoms with Crippen molar-refractivity contribution in [1.29, 1.82) is 0 Å². The van der Waals surface area contributed by atoms with E-state index in [1.54, 1.807) is 6.07 Å². The van der Waals surface area contributed by atoms with E-state index in [4.69, 9.17) is 16.3 Å². The standard InChI is InChI=1S/C15H19ClFN3O/c1-10(16)15-18-12-8-11(17)14(21-2)9-13(12)20(15)19-6-4-3-5-7-19/h8-10H,3-7H2,1-2H3. The first-order chi connectivity index (χ1) is 10.1. The van der Waals surface area contributed by atoms with E-state index >= 15 is 0 Å². The van der Waals surface area contributed by atoms with Gasteiger partial charge in [-0.2, -0.15) is 0 Å². The Bertz CT molecular complexity index is 650. The second kappa shape index (κ2) is 5.72. The maximum atomic E-state index is 13.9. The molecule has 0 spiro atoms. The van der Waals surface area contributed by atoms with Gasteiger partial charge >= 0.3 is 0 Å². The van der Waals surface area contributed by atoms with Crippen molar-refractivity contribution in [3.05, 3.63) is 23.8 Å². The largest absolute Gasteiger partial charge is 0.494 e. The van der Waals surface area contributed by atoms with Crippen LogP contribution < -0.4 is 9.75 Å². The minimum Gasteiger partial charge on any atom is -0.494 e. The lowest BCUT2D eigenvalue weighted by Gasteiger charge is -2.31. The van der Waals surface area contributed by atoms with Crippen LogP contribution in [0.4, 0.5) is 4.39 Å². The van der Waals surface area contributed by atoms with Crippen molar-refractivity contribution in [2.24, 2.45) is 0 Å². The smallest absolute Gasteiger partial charge is 0.167 e. The van der Waals surface area contributed by atoms with Crippen LogP contribution in [0.2, 0.25) is 0 Å². The Labute approximate surface area is 128 Å². The molecule has 2 aromatic rings. The molecule has 0 amide bonds. The molecule has 2 heterocycles. The Balaban J connectivity index is 2.19. The van der Waals surface area contributed by atoms with Crippen LogP contribution in [0.25, 0.3) is 11.0 Å². The molecular weight excluding hydrogens is 293 g/mol. The van der Waals surface area contributed by atoms with Gasteiger partial charge in [-0.3, -0.25) is 0 Å². The van der Waals surface area contributed by atoms with Gasteiger partial charge in [0.1, 0.15) is 5.82 Å². The first kappa shape index (κ1) is 14.4. The fourth-order valence-corrected chi connectivity index (χ4v) is 3.02. The van der Waals surface area contributed by atoms with E-state index in [2.05, 4.69) is 9.99 Å². The molecule has 0 radical (unpaired) electrons. The predicted molar refractivity (Wildman–Crippen MR) is 82.3 cm³/mol. The highest BCUT2D eigenvalue weighted by molar-refractivity contribution is 6.20. The first-order valence-electron chi connectivity index (χ1n) is 7.27. The van der Waals surface area contributed by atoms with Gasteiger partial charge in [-0.05, 0) is 26.2 Å². The molecule has 1 fully saturated rings. The van der Waals surface area contributed by atoms with E-state index in [1.807, 2.05) is 11.6 Å². The average molecular weight is 312 g/mol. The van der Waals surface area contributed by atoms with Gasteiger partial charge < -0.3 is 9.75 Å². The third kappa shape index (κ3) is 2.55. The molecule has 114 valence electrons. The Morgan fingerprint density at radius 3 is 2.62 bits per heavy atom. The second-order valence-electron chi connectivity index (χ2n) is 5.39. The quantitative estimate of drug-likeness (QED) is 0.811. The van der Waals surface area contributed by atoms with Crippen LogP contribution in [-0.2, 0) is 0 Å². The first-order valence-corrected chi connectivity index (χ1v) is 7.70. The van der Waals surface area contributed by atoms with Crippen LogP contribution in [0, 0.1) is 5.82 Å². The predicted octanol–water partition coefficient (Wildman–Crippen LogP) is 3.61. The van der Waals surface area contributed by atoms with Crippen LogP contribution in [-0.4, -0.2) is 29.9 Å². The summed E-state index contributed by atoms with van der Waals surface area (Å²) in [6.45, 7) is 3.81. The fourth-order valence-electron chi connectivity index (χ4n) is 2.87. The van der Waals surface area contributed by atoms with E-state index in [-0.39, 0.29) is 11.1 Å². The number of ether oxygens (including phenoxy) is 1. The zero-order valence-corrected chi connectivity index (χ0v) is 13.0. The van der Waals surface area contributed by atoms with Gasteiger partial charge in [0.2, 0.25) is 0 Å². The minimum atomic E-state index is -0.401. The number of fused-ring (bicyclic) bond motifs is 1. The monoisotopic (exact) mass is 311 g/mol. The van der Waals surface area contributed by atoms with Crippen LogP contribution in [0.5, 0.6) is 5.75 Å². The van der Waals surface area contributed by atoms with Gasteiger partial charge in [0, 0.05) is 25.2 Å². The van der Waals surface area contributed by atoms with Crippen LogP contribution >= 0.6 is 11.6 Å². The fraction of sp³-hybridized carbons (Fsp3) is 0.533. The molecule has 0 aliphatic carbocycles. The third-order valence-electron chi connectivity index (χ3n) is 3.90. The summed E-state index contributed by atoms with van der Waals surface area (Å²) in [6, 6.07) is 3.12. The summed E-state index contributed by atoms with van der Waals surface area (Å²) >= 11 is 6.28. The van der Waals surface area contributed by atoms with E-state index in [0.29, 0.717) is 5.52 Å². The summed E-state index contributed by atoms with van der Waals surface area (Å²) in [4.78, 5) is 4.52. The summed E-state index contributed by atoms with van der Waals surface area (Å²) < 4.78 is 21.0. The van der Waals surface area contributed by atoms with Gasteiger partial charge in [-0.15, -0.1) is 11.6 Å². The van der Waals surface area contributed by atoms with Gasteiger partial charge in [0.25, 0.3) is 0 Å². The van der Waals surface area contributed by atoms with Crippen molar-refractivity contribution in [3.8, 4) is 5.75 Å². The van der Waals surface area contributed by atoms with Crippen molar-refractivity contribution < 1.29 is 9.13 Å². The molecule has 1 saturated heterocycles. The molecular formula is C15H19ClFN3O. The van der Waals surface area contributed by atoms with Crippen LogP contribution in [0.15, 0.2) is 12.1 Å². The molecule has 0 saturated carbocycles. The highest BCUT2D eigenvalue weighted by Gasteiger charge is 2.22. The van der Waals surface area contributed by atoms with E-state index < -0.39 is 5.82 Å². The Kier molecular flexibility index (Phi) is 3.93. The van der Waals surface area contributed by atoms with Crippen molar-refractivity contribution in [1.82, 2.24) is 9.66 Å². The molecule has 1 unspecified atom stereocenters. The highest BCUT2D eigenvalue weighted by atomic mass is 35.5. The number of methoxy groups -OCH3 is 1. The maximum Gasteiger partial charge on any atom is 0.167 e. The minimum absolute atomic E-state index is 0.231. The second-order valence-corrected chi connectivity index (χ2v) is 6.04. The molecule has 6 heteroatoms. The number of halogens is 2. The van der Waals surface area contributed by atoms with Gasteiger partial charge in [0.15, 0.2) is 11.6 Å². The molecule has 21 heavy (non-hydrogen) atoms. The number of rotatable bonds is 3. The Morgan fingerprint density at radius 2 is 2.00 bits per heavy atom. The van der Waals surface area contributed by atoms with Crippen LogP contribution in [0.3, 0.4) is 0 Å². The maximum absolute atomic E-state index is 13.9. The zero-order valence-electron chi connectivity index (χ0n) is 12.3. The lowest BCUT2D eigenvalue weighted by atomic mass is 10.2. The van der Waals surface area contributed by atoms with Gasteiger partial charge in [-0.1, -0.05) is 0 Å². The number of alkyl halides is 1. The number of hydrogen-bond acceptors (Lipinski definition) is 3. The Morgan fingerprint density at radius 1 is 1.29 bits per heavy atom. The summed E-state index contributed by atoms with van der Waals surface area (Å²) in [5, 5.41) is 2.00. The normalized spacial score (nSPS) is 17.2.